The molecule has 200 valence electrons. The van der Waals surface area contributed by atoms with Gasteiger partial charge in [0.15, 0.2) is 0 Å². The SMILES string of the molecule is C=C(CNC(=O)c1ccc(/C=C/C(c2cc(Cl)c(Cl)c(Cl)c2)C(F)(F)F)cc1Br)C(=O)NCC(F)(F)F. The van der Waals surface area contributed by atoms with E-state index >= 15 is 0 Å². The Hall–Kier alpha value is -2.21. The second-order valence-electron chi connectivity index (χ2n) is 7.50. The average molecular weight is 653 g/mol. The predicted octanol–water partition coefficient (Wildman–Crippen LogP) is 7.73. The van der Waals surface area contributed by atoms with Crippen LogP contribution in [0.3, 0.4) is 0 Å². The van der Waals surface area contributed by atoms with Crippen molar-refractivity contribution in [2.24, 2.45) is 0 Å². The maximum absolute atomic E-state index is 13.7. The van der Waals surface area contributed by atoms with Crippen LogP contribution in [0.5, 0.6) is 0 Å². The number of allylic oxidation sites excluding steroid dienone is 1. The molecule has 1 atom stereocenters. The first-order chi connectivity index (χ1) is 17.0. The maximum atomic E-state index is 13.7. The zero-order chi connectivity index (χ0) is 28.1. The van der Waals surface area contributed by atoms with Gasteiger partial charge >= 0.3 is 12.4 Å². The maximum Gasteiger partial charge on any atom is 0.405 e. The van der Waals surface area contributed by atoms with Crippen molar-refractivity contribution in [2.45, 2.75) is 18.3 Å². The van der Waals surface area contributed by atoms with Crippen LogP contribution >= 0.6 is 50.7 Å². The molecule has 37 heavy (non-hydrogen) atoms. The first-order valence-electron chi connectivity index (χ1n) is 9.99. The van der Waals surface area contributed by atoms with E-state index in [1.54, 1.807) is 5.32 Å². The zero-order valence-electron chi connectivity index (χ0n) is 18.3. The molecule has 4 nitrogen and oxygen atoms in total. The molecule has 2 rings (SSSR count). The molecule has 0 aliphatic rings. The van der Waals surface area contributed by atoms with Crippen LogP contribution in [0, 0.1) is 0 Å². The Morgan fingerprint density at radius 3 is 2.11 bits per heavy atom. The lowest BCUT2D eigenvalue weighted by Crippen LogP contribution is -2.37. The van der Waals surface area contributed by atoms with Gasteiger partial charge in [-0.15, -0.1) is 0 Å². The van der Waals surface area contributed by atoms with Gasteiger partial charge in [-0.3, -0.25) is 9.59 Å². The van der Waals surface area contributed by atoms with Crippen LogP contribution in [0.2, 0.25) is 15.1 Å². The summed E-state index contributed by atoms with van der Waals surface area (Å²) >= 11 is 20.7. The molecule has 0 saturated carbocycles. The summed E-state index contributed by atoms with van der Waals surface area (Å²) in [5.41, 5.74) is -0.171. The smallest absolute Gasteiger partial charge is 0.348 e. The molecule has 0 aliphatic carbocycles. The van der Waals surface area contributed by atoms with E-state index in [0.29, 0.717) is 5.56 Å². The van der Waals surface area contributed by atoms with Crippen molar-refractivity contribution in [3.63, 3.8) is 0 Å². The molecule has 2 aromatic carbocycles. The number of halogens is 10. The van der Waals surface area contributed by atoms with E-state index in [2.05, 4.69) is 27.8 Å². The largest absolute Gasteiger partial charge is 0.405 e. The summed E-state index contributed by atoms with van der Waals surface area (Å²) in [6, 6.07) is 6.20. The van der Waals surface area contributed by atoms with E-state index in [9.17, 15) is 35.9 Å². The van der Waals surface area contributed by atoms with Crippen molar-refractivity contribution in [1.82, 2.24) is 10.6 Å². The van der Waals surface area contributed by atoms with Crippen LogP contribution in [0.4, 0.5) is 26.3 Å². The Bertz CT molecular complexity index is 1210. The molecule has 2 N–H and O–H groups in total. The number of alkyl halides is 6. The van der Waals surface area contributed by atoms with Crippen molar-refractivity contribution < 1.29 is 35.9 Å². The summed E-state index contributed by atoms with van der Waals surface area (Å²) in [5, 5.41) is 3.62. The van der Waals surface area contributed by atoms with Gasteiger partial charge in [-0.25, -0.2) is 0 Å². The van der Waals surface area contributed by atoms with Gasteiger partial charge in [0.1, 0.15) is 6.54 Å². The van der Waals surface area contributed by atoms with Gasteiger partial charge in [-0.05, 0) is 51.3 Å². The number of amides is 2. The first-order valence-corrected chi connectivity index (χ1v) is 11.9. The molecule has 0 saturated heterocycles. The lowest BCUT2D eigenvalue weighted by molar-refractivity contribution is -0.139. The zero-order valence-corrected chi connectivity index (χ0v) is 22.2. The number of nitrogens with one attached hydrogen (secondary N) is 2. The van der Waals surface area contributed by atoms with Crippen LogP contribution in [0.1, 0.15) is 27.4 Å². The number of hydrogen-bond donors (Lipinski definition) is 2. The molecule has 0 radical (unpaired) electrons. The lowest BCUT2D eigenvalue weighted by atomic mass is 9.97. The minimum atomic E-state index is -4.68. The Kier molecular flexibility index (Phi) is 10.5. The first kappa shape index (κ1) is 31.0. The van der Waals surface area contributed by atoms with Crippen LogP contribution in [-0.2, 0) is 4.79 Å². The highest BCUT2D eigenvalue weighted by atomic mass is 79.9. The summed E-state index contributed by atoms with van der Waals surface area (Å²) in [6.07, 6.45) is -7.20. The predicted molar refractivity (Wildman–Crippen MR) is 134 cm³/mol. The number of carbonyl (C=O) groups excluding carboxylic acids is 2. The molecule has 1 unspecified atom stereocenters. The molecule has 0 spiro atoms. The molecule has 2 aromatic rings. The van der Waals surface area contributed by atoms with Crippen molar-refractivity contribution in [1.29, 1.82) is 0 Å². The monoisotopic (exact) mass is 650 g/mol. The molecule has 0 aliphatic heterocycles. The van der Waals surface area contributed by atoms with Gasteiger partial charge < -0.3 is 10.6 Å². The van der Waals surface area contributed by atoms with Gasteiger partial charge in [-0.2, -0.15) is 26.3 Å². The summed E-state index contributed by atoms with van der Waals surface area (Å²) in [7, 11) is 0. The second-order valence-corrected chi connectivity index (χ2v) is 9.55. The fraction of sp³-hybridized carbons (Fsp3) is 0.217. The van der Waals surface area contributed by atoms with Crippen LogP contribution < -0.4 is 10.6 Å². The second kappa shape index (κ2) is 12.6. The van der Waals surface area contributed by atoms with Gasteiger partial charge in [0.25, 0.3) is 5.91 Å². The molecule has 0 aromatic heterocycles. The molecule has 0 bridgehead atoms. The molecule has 14 heteroatoms. The van der Waals surface area contributed by atoms with E-state index in [1.165, 1.54) is 24.3 Å². The van der Waals surface area contributed by atoms with Crippen molar-refractivity contribution in [3.8, 4) is 0 Å². The molecular weight excluding hydrogens is 637 g/mol. The summed E-state index contributed by atoms with van der Waals surface area (Å²) < 4.78 is 77.9. The van der Waals surface area contributed by atoms with Crippen LogP contribution in [0.25, 0.3) is 6.08 Å². The topological polar surface area (TPSA) is 58.2 Å². The third-order valence-electron chi connectivity index (χ3n) is 4.67. The van der Waals surface area contributed by atoms with Crippen molar-refractivity contribution in [3.05, 3.63) is 84.8 Å². The number of rotatable bonds is 8. The molecule has 0 heterocycles. The standard InChI is InChI=1S/C23H16BrCl3F6N2O2/c1-11(20(36)35-10-22(28,29)30)9-34-21(37)14-4-2-12(6-16(14)24)3-5-15(23(31,32)33)13-7-17(25)19(27)18(26)8-13/h2-8,15H,1,9-10H2,(H,34,37)(H,35,36)/b5-3+. The quantitative estimate of drug-likeness (QED) is 0.174. The summed E-state index contributed by atoms with van der Waals surface area (Å²) in [6.45, 7) is 1.34. The van der Waals surface area contributed by atoms with E-state index in [-0.39, 0.29) is 36.2 Å². The van der Waals surface area contributed by atoms with E-state index in [1.807, 2.05) is 0 Å². The Labute approximate surface area is 230 Å². The highest BCUT2D eigenvalue weighted by Gasteiger charge is 2.39. The van der Waals surface area contributed by atoms with E-state index in [0.717, 1.165) is 18.2 Å². The van der Waals surface area contributed by atoms with Gasteiger partial charge in [0.05, 0.1) is 26.5 Å². The van der Waals surface area contributed by atoms with Gasteiger partial charge in [0, 0.05) is 16.6 Å². The van der Waals surface area contributed by atoms with E-state index < -0.39 is 43.2 Å². The highest BCUT2D eigenvalue weighted by molar-refractivity contribution is 9.10. The number of carbonyl (C=O) groups is 2. The van der Waals surface area contributed by atoms with Crippen molar-refractivity contribution in [2.75, 3.05) is 13.1 Å². The highest BCUT2D eigenvalue weighted by Crippen LogP contribution is 2.41. The van der Waals surface area contributed by atoms with Crippen LogP contribution in [-0.4, -0.2) is 37.3 Å². The average Bonchev–Trinajstić information content (AvgIpc) is 2.77. The fourth-order valence-electron chi connectivity index (χ4n) is 2.86. The Morgan fingerprint density at radius 2 is 1.59 bits per heavy atom. The van der Waals surface area contributed by atoms with Gasteiger partial charge in [0.2, 0.25) is 5.91 Å². The number of hydrogen-bond acceptors (Lipinski definition) is 2. The summed E-state index contributed by atoms with van der Waals surface area (Å²) in [4.78, 5) is 24.0. The Balaban J connectivity index is 2.13. The minimum absolute atomic E-state index is 0.0595. The number of benzene rings is 2. The third kappa shape index (κ3) is 9.24. The fourth-order valence-corrected chi connectivity index (χ4v) is 4.05. The normalized spacial score (nSPS) is 12.9. The summed E-state index contributed by atoms with van der Waals surface area (Å²) in [5.74, 6) is -3.85. The third-order valence-corrected chi connectivity index (χ3v) is 6.52. The van der Waals surface area contributed by atoms with Crippen molar-refractivity contribution >= 4 is 68.6 Å². The Morgan fingerprint density at radius 1 is 1.00 bits per heavy atom. The van der Waals surface area contributed by atoms with Gasteiger partial charge in [-0.1, -0.05) is 59.6 Å². The molecular formula is C23H16BrCl3F6N2O2. The lowest BCUT2D eigenvalue weighted by Gasteiger charge is -2.18. The molecule has 0 fully saturated rings. The van der Waals surface area contributed by atoms with Crippen LogP contribution in [0.15, 0.2) is 53.0 Å². The molecule has 2 amide bonds. The minimum Gasteiger partial charge on any atom is -0.348 e. The van der Waals surface area contributed by atoms with E-state index in [4.69, 9.17) is 34.8 Å².